The Hall–Kier alpha value is -4.28. The van der Waals surface area contributed by atoms with E-state index >= 15 is 0 Å². The highest BCUT2D eigenvalue weighted by Crippen LogP contribution is 2.32. The molecule has 1 saturated heterocycles. The number of nitrogens with zero attached hydrogens (tertiary/aromatic N) is 5. The smallest absolute Gasteiger partial charge is 0.319 e. The molecule has 4 aromatic rings. The van der Waals surface area contributed by atoms with E-state index in [4.69, 9.17) is 9.72 Å². The van der Waals surface area contributed by atoms with Crippen LogP contribution in [0.1, 0.15) is 25.3 Å². The van der Waals surface area contributed by atoms with Gasteiger partial charge in [0.15, 0.2) is 0 Å². The Balaban J connectivity index is 1.17. The Kier molecular flexibility index (Phi) is 8.20. The highest BCUT2D eigenvalue weighted by molar-refractivity contribution is 5.90. The third kappa shape index (κ3) is 6.90. The number of hydrogen-bond donors (Lipinski definition) is 3. The predicted molar refractivity (Wildman–Crippen MR) is 160 cm³/mol. The van der Waals surface area contributed by atoms with E-state index in [2.05, 4.69) is 56.1 Å². The van der Waals surface area contributed by atoms with Gasteiger partial charge in [0.05, 0.1) is 30.8 Å². The average molecular weight is 553 g/mol. The number of aryl methyl sites for hydroxylation is 1. The molecule has 0 unspecified atom stereocenters. The van der Waals surface area contributed by atoms with Crippen molar-refractivity contribution < 1.29 is 9.53 Å². The van der Waals surface area contributed by atoms with E-state index in [0.29, 0.717) is 18.5 Å². The SMILES string of the molecule is CCn1ncc(-c2ccnc(Nc3cccc(CCN4CCOCC4)c3)n2)c1-c1ccc(NC(=O)NC2CC2)cc1. The van der Waals surface area contributed by atoms with Crippen molar-refractivity contribution in [1.29, 1.82) is 0 Å². The topological polar surface area (TPSA) is 109 Å². The van der Waals surface area contributed by atoms with Gasteiger partial charge in [0.2, 0.25) is 5.95 Å². The van der Waals surface area contributed by atoms with Crippen molar-refractivity contribution in [1.82, 2.24) is 30.0 Å². The molecule has 212 valence electrons. The summed E-state index contributed by atoms with van der Waals surface area (Å²) >= 11 is 0. The van der Waals surface area contributed by atoms with Crippen LogP contribution in [0.15, 0.2) is 67.0 Å². The number of anilines is 3. The van der Waals surface area contributed by atoms with Crippen molar-refractivity contribution in [2.75, 3.05) is 43.5 Å². The van der Waals surface area contributed by atoms with Crippen molar-refractivity contribution in [3.63, 3.8) is 0 Å². The standard InChI is InChI=1S/C31H36N8O2/c1-2-39-29(23-6-8-24(9-7-23)35-31(40)36-25-10-11-25)27(21-33-39)28-12-14-32-30(37-28)34-26-5-3-4-22(20-26)13-15-38-16-18-41-19-17-38/h3-9,12,14,20-21,25H,2,10-11,13,15-19H2,1H3,(H,32,34,37)(H2,35,36,40). The van der Waals surface area contributed by atoms with E-state index in [1.807, 2.05) is 47.3 Å². The first-order valence-corrected chi connectivity index (χ1v) is 14.4. The number of hydrogen-bond acceptors (Lipinski definition) is 7. The molecule has 3 N–H and O–H groups in total. The predicted octanol–water partition coefficient (Wildman–Crippen LogP) is 4.93. The minimum Gasteiger partial charge on any atom is -0.379 e. The number of nitrogens with one attached hydrogen (secondary N) is 3. The second-order valence-corrected chi connectivity index (χ2v) is 10.5. The number of carbonyl (C=O) groups excluding carboxylic acids is 1. The lowest BCUT2D eigenvalue weighted by molar-refractivity contribution is 0.0384. The molecule has 1 aliphatic carbocycles. The lowest BCUT2D eigenvalue weighted by Gasteiger charge is -2.26. The first-order chi connectivity index (χ1) is 20.1. The van der Waals surface area contributed by atoms with Gasteiger partial charge in [-0.05, 0) is 62.1 Å². The van der Waals surface area contributed by atoms with Gasteiger partial charge in [-0.2, -0.15) is 5.10 Å². The van der Waals surface area contributed by atoms with Crippen molar-refractivity contribution in [3.05, 3.63) is 72.6 Å². The number of rotatable bonds is 10. The van der Waals surface area contributed by atoms with Crippen molar-refractivity contribution in [2.45, 2.75) is 38.8 Å². The third-order valence-electron chi connectivity index (χ3n) is 7.40. The summed E-state index contributed by atoms with van der Waals surface area (Å²) in [7, 11) is 0. The normalized spacial score (nSPS) is 15.4. The number of ether oxygens (including phenoxy) is 1. The van der Waals surface area contributed by atoms with Crippen LogP contribution in [0.4, 0.5) is 22.1 Å². The summed E-state index contributed by atoms with van der Waals surface area (Å²) in [6.45, 7) is 7.42. The highest BCUT2D eigenvalue weighted by Gasteiger charge is 2.23. The summed E-state index contributed by atoms with van der Waals surface area (Å²) in [4.78, 5) is 23.9. The molecule has 2 aliphatic rings. The van der Waals surface area contributed by atoms with Crippen molar-refractivity contribution >= 4 is 23.4 Å². The molecule has 1 aliphatic heterocycles. The third-order valence-corrected chi connectivity index (χ3v) is 7.40. The van der Waals surface area contributed by atoms with Crippen LogP contribution in [0.25, 0.3) is 22.5 Å². The zero-order chi connectivity index (χ0) is 28.0. The average Bonchev–Trinajstić information content (AvgIpc) is 3.71. The molecule has 0 spiro atoms. The van der Waals surface area contributed by atoms with Gasteiger partial charge in [0.1, 0.15) is 0 Å². The fourth-order valence-corrected chi connectivity index (χ4v) is 5.02. The maximum absolute atomic E-state index is 12.1. The molecule has 2 fully saturated rings. The van der Waals surface area contributed by atoms with Gasteiger partial charge < -0.3 is 20.7 Å². The molecule has 0 radical (unpaired) electrons. The molecule has 6 rings (SSSR count). The van der Waals surface area contributed by atoms with Gasteiger partial charge in [-0.15, -0.1) is 0 Å². The minimum absolute atomic E-state index is 0.164. The van der Waals surface area contributed by atoms with Crippen LogP contribution in [-0.2, 0) is 17.7 Å². The minimum atomic E-state index is -0.164. The van der Waals surface area contributed by atoms with Gasteiger partial charge in [-0.3, -0.25) is 9.58 Å². The maximum Gasteiger partial charge on any atom is 0.319 e. The van der Waals surface area contributed by atoms with Gasteiger partial charge in [-0.1, -0.05) is 24.3 Å². The Bertz CT molecular complexity index is 1480. The molecule has 3 heterocycles. The lowest BCUT2D eigenvalue weighted by Crippen LogP contribution is -2.37. The number of carbonyl (C=O) groups is 1. The maximum atomic E-state index is 12.1. The number of urea groups is 1. The first kappa shape index (κ1) is 26.9. The largest absolute Gasteiger partial charge is 0.379 e. The van der Waals surface area contributed by atoms with E-state index in [-0.39, 0.29) is 6.03 Å². The molecule has 10 nitrogen and oxygen atoms in total. The Morgan fingerprint density at radius 2 is 1.88 bits per heavy atom. The molecular formula is C31H36N8O2. The quantitative estimate of drug-likeness (QED) is 0.256. The summed E-state index contributed by atoms with van der Waals surface area (Å²) in [5.41, 5.74) is 6.64. The van der Waals surface area contributed by atoms with Crippen LogP contribution in [0, 0.1) is 0 Å². The number of morpholine rings is 1. The highest BCUT2D eigenvalue weighted by atomic mass is 16.5. The van der Waals surface area contributed by atoms with E-state index in [9.17, 15) is 4.79 Å². The van der Waals surface area contributed by atoms with Crippen LogP contribution in [0.5, 0.6) is 0 Å². The fraction of sp³-hybridized carbons (Fsp3) is 0.355. The zero-order valence-electron chi connectivity index (χ0n) is 23.3. The second kappa shape index (κ2) is 12.5. The van der Waals surface area contributed by atoms with Crippen molar-refractivity contribution in [2.24, 2.45) is 0 Å². The van der Waals surface area contributed by atoms with Crippen LogP contribution in [0.3, 0.4) is 0 Å². The molecule has 2 amide bonds. The number of aromatic nitrogens is 4. The van der Waals surface area contributed by atoms with E-state index in [1.165, 1.54) is 5.56 Å². The Morgan fingerprint density at radius 3 is 2.66 bits per heavy atom. The molecule has 1 saturated carbocycles. The van der Waals surface area contributed by atoms with Gasteiger partial charge >= 0.3 is 6.03 Å². The van der Waals surface area contributed by atoms with Gasteiger partial charge in [0.25, 0.3) is 0 Å². The fourth-order valence-electron chi connectivity index (χ4n) is 5.02. The van der Waals surface area contributed by atoms with Crippen molar-refractivity contribution in [3.8, 4) is 22.5 Å². The van der Waals surface area contributed by atoms with Crippen LogP contribution in [0.2, 0.25) is 0 Å². The molecule has 0 bridgehead atoms. The van der Waals surface area contributed by atoms with Gasteiger partial charge in [0, 0.05) is 60.9 Å². The summed E-state index contributed by atoms with van der Waals surface area (Å²) < 4.78 is 7.42. The zero-order valence-corrected chi connectivity index (χ0v) is 23.3. The van der Waals surface area contributed by atoms with E-state index < -0.39 is 0 Å². The summed E-state index contributed by atoms with van der Waals surface area (Å²) in [6, 6.07) is 18.3. The molecule has 2 aromatic carbocycles. The second-order valence-electron chi connectivity index (χ2n) is 10.5. The monoisotopic (exact) mass is 552 g/mol. The van der Waals surface area contributed by atoms with Crippen LogP contribution >= 0.6 is 0 Å². The molecule has 10 heteroatoms. The van der Waals surface area contributed by atoms with Crippen LogP contribution < -0.4 is 16.0 Å². The number of benzene rings is 2. The Morgan fingerprint density at radius 1 is 1.05 bits per heavy atom. The summed E-state index contributed by atoms with van der Waals surface area (Å²) in [6.07, 6.45) is 6.71. The molecular weight excluding hydrogens is 516 g/mol. The summed E-state index contributed by atoms with van der Waals surface area (Å²) in [5.74, 6) is 0.532. The van der Waals surface area contributed by atoms with Gasteiger partial charge in [-0.25, -0.2) is 14.8 Å². The Labute approximate surface area is 240 Å². The lowest BCUT2D eigenvalue weighted by atomic mass is 10.0. The first-order valence-electron chi connectivity index (χ1n) is 14.4. The molecule has 2 aromatic heterocycles. The molecule has 0 atom stereocenters. The molecule has 41 heavy (non-hydrogen) atoms. The van der Waals surface area contributed by atoms with Crippen LogP contribution in [-0.4, -0.2) is 69.6 Å². The number of amides is 2. The summed E-state index contributed by atoms with van der Waals surface area (Å²) in [5, 5.41) is 13.9. The van der Waals surface area contributed by atoms with E-state index in [0.717, 1.165) is 86.0 Å². The van der Waals surface area contributed by atoms with E-state index in [1.54, 1.807) is 6.20 Å².